The first-order chi connectivity index (χ1) is 8.72. The zero-order valence-electron chi connectivity index (χ0n) is 9.05. The van der Waals surface area contributed by atoms with E-state index in [2.05, 4.69) is 42.5 Å². The fourth-order valence-corrected chi connectivity index (χ4v) is 3.16. The molecule has 0 fully saturated rings. The van der Waals surface area contributed by atoms with Crippen molar-refractivity contribution >= 4 is 51.0 Å². The number of nitrogen functional groups attached to an aromatic ring is 1. The number of nitrogens with one attached hydrogen (secondary N) is 1. The molecule has 0 amide bonds. The molecular weight excluding hydrogens is 369 g/mol. The maximum absolute atomic E-state index is 5.66. The lowest BCUT2D eigenvalue weighted by molar-refractivity contribution is 0.301. The molecule has 0 atom stereocenters. The van der Waals surface area contributed by atoms with Crippen molar-refractivity contribution in [3.05, 3.63) is 26.2 Å². The highest BCUT2D eigenvalue weighted by Gasteiger charge is 2.10. The highest BCUT2D eigenvalue weighted by atomic mass is 131. The Balaban J connectivity index is 1.87. The summed E-state index contributed by atoms with van der Waals surface area (Å²) in [5, 5.41) is 0. The Morgan fingerprint density at radius 2 is 2.28 bits per heavy atom. The fourth-order valence-electron chi connectivity index (χ4n) is 1.50. The van der Waals surface area contributed by atoms with Crippen molar-refractivity contribution in [1.82, 2.24) is 19.9 Å². The standard InChI is InChI=1S/C10H8IN5OS/c11-6-2-1-5(18-6)3-17-9-7-8(14-4-13-7)15-10(12)16-9/h1-2,4H,3H2,(H3,12,13,14,15,16)/i11+4. The van der Waals surface area contributed by atoms with Crippen molar-refractivity contribution in [3.63, 3.8) is 0 Å². The van der Waals surface area contributed by atoms with Gasteiger partial charge in [0.2, 0.25) is 11.8 Å². The first-order valence-electron chi connectivity index (χ1n) is 5.06. The molecule has 6 nitrogen and oxygen atoms in total. The molecule has 3 heterocycles. The number of hydrogen-bond acceptors (Lipinski definition) is 6. The van der Waals surface area contributed by atoms with Crippen LogP contribution < -0.4 is 10.5 Å². The van der Waals surface area contributed by atoms with E-state index in [0.717, 1.165) is 4.88 Å². The van der Waals surface area contributed by atoms with Gasteiger partial charge in [0.25, 0.3) is 0 Å². The van der Waals surface area contributed by atoms with Crippen LogP contribution in [0.1, 0.15) is 4.88 Å². The van der Waals surface area contributed by atoms with Gasteiger partial charge in [-0.15, -0.1) is 11.3 Å². The van der Waals surface area contributed by atoms with Crippen molar-refractivity contribution in [2.24, 2.45) is 0 Å². The van der Waals surface area contributed by atoms with Crippen LogP contribution in [0.3, 0.4) is 0 Å². The Bertz CT molecular complexity index is 694. The number of halogens is 1. The van der Waals surface area contributed by atoms with Gasteiger partial charge < -0.3 is 15.5 Å². The summed E-state index contributed by atoms with van der Waals surface area (Å²) < 4.78 is 6.88. The molecule has 18 heavy (non-hydrogen) atoms. The fraction of sp³-hybridized carbons (Fsp3) is 0.100. The summed E-state index contributed by atoms with van der Waals surface area (Å²) in [6.45, 7) is 0.457. The van der Waals surface area contributed by atoms with Gasteiger partial charge >= 0.3 is 0 Å². The number of hydrogen-bond donors (Lipinski definition) is 2. The molecule has 0 saturated carbocycles. The molecule has 0 aromatic carbocycles. The average Bonchev–Trinajstić information content (AvgIpc) is 2.94. The molecule has 3 N–H and O–H groups in total. The van der Waals surface area contributed by atoms with Gasteiger partial charge in [0.1, 0.15) is 12.1 Å². The van der Waals surface area contributed by atoms with Gasteiger partial charge in [-0.3, -0.25) is 0 Å². The van der Waals surface area contributed by atoms with Crippen LogP contribution in [-0.2, 0) is 6.61 Å². The number of imidazole rings is 1. The summed E-state index contributed by atoms with van der Waals surface area (Å²) in [6.07, 6.45) is 1.54. The van der Waals surface area contributed by atoms with Crippen molar-refractivity contribution in [2.45, 2.75) is 6.61 Å². The van der Waals surface area contributed by atoms with Crippen molar-refractivity contribution in [1.29, 1.82) is 0 Å². The predicted octanol–water partition coefficient (Wildman–Crippen LogP) is 2.18. The maximum atomic E-state index is 5.66. The Kier molecular flexibility index (Phi) is 3.04. The van der Waals surface area contributed by atoms with Crippen LogP contribution >= 0.6 is 33.9 Å². The van der Waals surface area contributed by atoms with E-state index in [4.69, 9.17) is 10.5 Å². The van der Waals surface area contributed by atoms with E-state index >= 15 is 0 Å². The number of thiophene rings is 1. The van der Waals surface area contributed by atoms with Crippen LogP contribution in [0.4, 0.5) is 5.95 Å². The van der Waals surface area contributed by atoms with Crippen molar-refractivity contribution in [3.8, 4) is 5.88 Å². The number of aromatic amines is 1. The monoisotopic (exact) mass is 377 g/mol. The number of ether oxygens (including phenoxy) is 1. The number of nitrogens with two attached hydrogens (primary N) is 1. The highest BCUT2D eigenvalue weighted by molar-refractivity contribution is 14.1. The van der Waals surface area contributed by atoms with E-state index in [-0.39, 0.29) is 5.95 Å². The second-order valence-corrected chi connectivity index (χ2v) is 6.55. The number of anilines is 1. The van der Waals surface area contributed by atoms with E-state index < -0.39 is 0 Å². The van der Waals surface area contributed by atoms with Crippen LogP contribution in [-0.4, -0.2) is 19.9 Å². The van der Waals surface area contributed by atoms with E-state index in [1.807, 2.05) is 12.1 Å². The molecule has 0 radical (unpaired) electrons. The van der Waals surface area contributed by atoms with Crippen LogP contribution in [0.25, 0.3) is 11.2 Å². The molecule has 0 bridgehead atoms. The van der Waals surface area contributed by atoms with Crippen LogP contribution in [0.2, 0.25) is 0 Å². The number of fused-ring (bicyclic) bond motifs is 1. The van der Waals surface area contributed by atoms with Gasteiger partial charge in [-0.2, -0.15) is 9.97 Å². The Morgan fingerprint density at radius 3 is 3.06 bits per heavy atom. The third-order valence-corrected chi connectivity index (χ3v) is 4.12. The molecule has 0 spiro atoms. The van der Waals surface area contributed by atoms with Crippen LogP contribution in [0, 0.1) is 2.88 Å². The lowest BCUT2D eigenvalue weighted by Crippen LogP contribution is -2.01. The average molecular weight is 377 g/mol. The molecule has 3 aromatic heterocycles. The summed E-state index contributed by atoms with van der Waals surface area (Å²) in [5.74, 6) is 0.587. The van der Waals surface area contributed by atoms with E-state index in [9.17, 15) is 0 Å². The molecule has 0 unspecified atom stereocenters. The molecule has 0 aliphatic rings. The third kappa shape index (κ3) is 2.25. The summed E-state index contributed by atoms with van der Waals surface area (Å²) in [4.78, 5) is 16.2. The van der Waals surface area contributed by atoms with E-state index in [1.54, 1.807) is 17.7 Å². The van der Waals surface area contributed by atoms with E-state index in [0.29, 0.717) is 23.7 Å². The van der Waals surface area contributed by atoms with E-state index in [1.165, 1.54) is 2.88 Å². The minimum Gasteiger partial charge on any atom is -0.470 e. The minimum absolute atomic E-state index is 0.158. The Labute approximate surface area is 120 Å². The smallest absolute Gasteiger partial charge is 0.245 e. The van der Waals surface area contributed by atoms with Gasteiger partial charge in [0.05, 0.1) is 9.21 Å². The molecule has 0 saturated heterocycles. The normalized spacial score (nSPS) is 10.9. The second kappa shape index (κ2) is 4.69. The number of H-pyrrole nitrogens is 1. The summed E-state index contributed by atoms with van der Waals surface area (Å²) in [6, 6.07) is 4.07. The van der Waals surface area contributed by atoms with Crippen LogP contribution in [0.5, 0.6) is 5.88 Å². The van der Waals surface area contributed by atoms with Crippen LogP contribution in [0.15, 0.2) is 18.5 Å². The quantitative estimate of drug-likeness (QED) is 0.683. The molecule has 3 rings (SSSR count). The summed E-state index contributed by atoms with van der Waals surface area (Å²) in [5.41, 5.74) is 6.78. The molecule has 0 aliphatic carbocycles. The largest absolute Gasteiger partial charge is 0.470 e. The van der Waals surface area contributed by atoms with Crippen molar-refractivity contribution < 1.29 is 4.74 Å². The highest BCUT2D eigenvalue weighted by Crippen LogP contribution is 2.23. The van der Waals surface area contributed by atoms with Crippen molar-refractivity contribution in [2.75, 3.05) is 5.73 Å². The summed E-state index contributed by atoms with van der Waals surface area (Å²) in [7, 11) is 0. The lowest BCUT2D eigenvalue weighted by Gasteiger charge is -2.04. The first-order valence-corrected chi connectivity index (χ1v) is 6.95. The maximum Gasteiger partial charge on any atom is 0.245 e. The van der Waals surface area contributed by atoms with Gasteiger partial charge in [-0.1, -0.05) is 0 Å². The molecule has 3 aromatic rings. The first kappa shape index (κ1) is 11.7. The minimum atomic E-state index is 0.158. The molecule has 92 valence electrons. The topological polar surface area (TPSA) is 89.7 Å². The van der Waals surface area contributed by atoms with Gasteiger partial charge in [-0.05, 0) is 34.7 Å². The number of rotatable bonds is 3. The Hall–Kier alpha value is -1.42. The number of nitrogens with zero attached hydrogens (tertiary/aromatic N) is 3. The second-order valence-electron chi connectivity index (χ2n) is 3.48. The van der Waals surface area contributed by atoms with Gasteiger partial charge in [0.15, 0.2) is 5.65 Å². The zero-order chi connectivity index (χ0) is 12.5. The summed E-state index contributed by atoms with van der Waals surface area (Å²) >= 11 is 3.95. The SMILES string of the molecule is Nc1nc(OCc2ccc([131I])s2)c2[nH]cnc2n1. The van der Waals surface area contributed by atoms with Gasteiger partial charge in [0, 0.05) is 4.88 Å². The lowest BCUT2D eigenvalue weighted by atomic mass is 10.5. The predicted molar refractivity (Wildman–Crippen MR) is 77.5 cm³/mol. The third-order valence-electron chi connectivity index (χ3n) is 2.25. The zero-order valence-corrected chi connectivity index (χ0v) is 12.0. The Morgan fingerprint density at radius 1 is 1.39 bits per heavy atom. The molecule has 0 aliphatic heterocycles. The molecular formula is C10H8IN5OS. The molecule has 8 heteroatoms. The van der Waals surface area contributed by atoms with Gasteiger partial charge in [-0.25, -0.2) is 4.98 Å². The number of aromatic nitrogens is 4.